The summed E-state index contributed by atoms with van der Waals surface area (Å²) in [6.07, 6.45) is 1.68. The van der Waals surface area contributed by atoms with Gasteiger partial charge in [0.05, 0.1) is 31.2 Å². The minimum absolute atomic E-state index is 0.275. The number of methoxy groups -OCH3 is 1. The Morgan fingerprint density at radius 1 is 1.33 bits per heavy atom. The van der Waals surface area contributed by atoms with Gasteiger partial charge in [-0.15, -0.1) is 0 Å². The molecule has 0 aliphatic heterocycles. The van der Waals surface area contributed by atoms with Crippen molar-refractivity contribution in [3.8, 4) is 0 Å². The fourth-order valence-electron chi connectivity index (χ4n) is 3.01. The number of furan rings is 1. The molecule has 3 rings (SSSR count). The molecule has 27 heavy (non-hydrogen) atoms. The number of pyridine rings is 1. The Morgan fingerprint density at radius 2 is 2.11 bits per heavy atom. The maximum atomic E-state index is 12.3. The highest BCUT2D eigenvalue weighted by atomic mass is 16.5. The van der Waals surface area contributed by atoms with E-state index in [1.54, 1.807) is 10.8 Å². The van der Waals surface area contributed by atoms with Gasteiger partial charge in [0, 0.05) is 18.9 Å². The van der Waals surface area contributed by atoms with Crippen molar-refractivity contribution in [3.05, 3.63) is 41.6 Å². The molecule has 0 aliphatic carbocycles. The van der Waals surface area contributed by atoms with Crippen molar-refractivity contribution < 1.29 is 18.7 Å². The molecule has 8 heteroatoms. The van der Waals surface area contributed by atoms with E-state index in [4.69, 9.17) is 9.15 Å². The van der Waals surface area contributed by atoms with Gasteiger partial charge in [-0.05, 0) is 32.0 Å². The number of anilines is 2. The van der Waals surface area contributed by atoms with Crippen LogP contribution in [0.2, 0.25) is 0 Å². The lowest BCUT2D eigenvalue weighted by Crippen LogP contribution is -2.14. The predicted molar refractivity (Wildman–Crippen MR) is 102 cm³/mol. The van der Waals surface area contributed by atoms with Crippen molar-refractivity contribution in [2.24, 2.45) is 0 Å². The molecule has 8 nitrogen and oxygen atoms in total. The molecule has 0 spiro atoms. The summed E-state index contributed by atoms with van der Waals surface area (Å²) in [5.74, 6) is 0.839. The molecule has 0 atom stereocenters. The van der Waals surface area contributed by atoms with Crippen LogP contribution in [-0.4, -0.2) is 28.5 Å². The van der Waals surface area contributed by atoms with Crippen molar-refractivity contribution >= 4 is 34.3 Å². The first-order chi connectivity index (χ1) is 12.9. The van der Waals surface area contributed by atoms with E-state index in [9.17, 15) is 9.59 Å². The van der Waals surface area contributed by atoms with Crippen LogP contribution in [0.1, 0.15) is 35.9 Å². The van der Waals surface area contributed by atoms with E-state index in [-0.39, 0.29) is 11.6 Å². The molecule has 1 amide bonds. The third-order valence-electron chi connectivity index (χ3n) is 4.16. The first kappa shape index (κ1) is 18.5. The second kappa shape index (κ2) is 7.53. The van der Waals surface area contributed by atoms with Gasteiger partial charge >= 0.3 is 5.97 Å². The molecule has 2 N–H and O–H groups in total. The highest BCUT2D eigenvalue weighted by Gasteiger charge is 2.24. The van der Waals surface area contributed by atoms with E-state index in [1.165, 1.54) is 14.0 Å². The summed E-state index contributed by atoms with van der Waals surface area (Å²) in [5, 5.41) is 6.65. The lowest BCUT2D eigenvalue weighted by molar-refractivity contribution is -0.114. The average molecular weight is 370 g/mol. The molecule has 0 bridgehead atoms. The molecule has 3 aromatic heterocycles. The first-order valence-corrected chi connectivity index (χ1v) is 8.62. The molecule has 0 unspecified atom stereocenters. The molecule has 0 saturated heterocycles. The van der Waals surface area contributed by atoms with Crippen LogP contribution in [0.25, 0.3) is 11.0 Å². The van der Waals surface area contributed by atoms with Crippen molar-refractivity contribution in [3.63, 3.8) is 0 Å². The van der Waals surface area contributed by atoms with Gasteiger partial charge in [-0.1, -0.05) is 0 Å². The van der Waals surface area contributed by atoms with Crippen LogP contribution in [0, 0.1) is 6.92 Å². The number of hydrogen-bond acceptors (Lipinski definition) is 6. The molecule has 3 heterocycles. The third-order valence-corrected chi connectivity index (χ3v) is 4.16. The number of aryl methyl sites for hydroxylation is 2. The zero-order chi connectivity index (χ0) is 19.6. The van der Waals surface area contributed by atoms with Gasteiger partial charge in [-0.2, -0.15) is 0 Å². The number of carbonyl (C=O) groups is 2. The molecule has 0 aromatic carbocycles. The second-order valence-corrected chi connectivity index (χ2v) is 6.10. The summed E-state index contributed by atoms with van der Waals surface area (Å²) in [7, 11) is 1.31. The fraction of sp³-hybridized carbons (Fsp3) is 0.316. The van der Waals surface area contributed by atoms with E-state index >= 15 is 0 Å². The number of nitrogens with zero attached hydrogens (tertiary/aromatic N) is 2. The molecule has 0 radical (unpaired) electrons. The number of hydrogen-bond donors (Lipinski definition) is 2. The monoisotopic (exact) mass is 370 g/mol. The smallest absolute Gasteiger partial charge is 0.356 e. The number of aromatic nitrogens is 2. The topological polar surface area (TPSA) is 98.4 Å². The van der Waals surface area contributed by atoms with Crippen molar-refractivity contribution in [2.45, 2.75) is 33.9 Å². The van der Waals surface area contributed by atoms with Gasteiger partial charge in [0.2, 0.25) is 5.91 Å². The number of amides is 1. The molecule has 142 valence electrons. The minimum Gasteiger partial charge on any atom is -0.465 e. The van der Waals surface area contributed by atoms with Gasteiger partial charge in [0.15, 0.2) is 5.69 Å². The first-order valence-electron chi connectivity index (χ1n) is 8.62. The zero-order valence-corrected chi connectivity index (χ0v) is 15.8. The number of fused-ring (bicyclic) bond motifs is 1. The highest BCUT2D eigenvalue weighted by molar-refractivity contribution is 6.10. The van der Waals surface area contributed by atoms with Crippen LogP contribution in [0.4, 0.5) is 11.4 Å². The maximum absolute atomic E-state index is 12.3. The summed E-state index contributed by atoms with van der Waals surface area (Å²) in [6.45, 7) is 6.18. The number of ether oxygens (including phenoxy) is 1. The number of carbonyl (C=O) groups excluding carboxylic acids is 2. The summed E-state index contributed by atoms with van der Waals surface area (Å²) in [4.78, 5) is 28.5. The quantitative estimate of drug-likeness (QED) is 0.646. The van der Waals surface area contributed by atoms with Gasteiger partial charge in [-0.25, -0.2) is 9.78 Å². The number of nitrogens with one attached hydrogen (secondary N) is 2. The van der Waals surface area contributed by atoms with E-state index in [2.05, 4.69) is 15.6 Å². The summed E-state index contributed by atoms with van der Waals surface area (Å²) < 4.78 is 12.2. The predicted octanol–water partition coefficient (Wildman–Crippen LogP) is 3.31. The lowest BCUT2D eigenvalue weighted by atomic mass is 10.2. The molecule has 3 aromatic rings. The van der Waals surface area contributed by atoms with Crippen LogP contribution < -0.4 is 10.6 Å². The van der Waals surface area contributed by atoms with Gasteiger partial charge in [0.25, 0.3) is 0 Å². The molecular weight excluding hydrogens is 348 g/mol. The minimum atomic E-state index is -0.529. The van der Waals surface area contributed by atoms with Crippen LogP contribution in [-0.2, 0) is 22.6 Å². The highest BCUT2D eigenvalue weighted by Crippen LogP contribution is 2.32. The summed E-state index contributed by atoms with van der Waals surface area (Å²) >= 11 is 0. The maximum Gasteiger partial charge on any atom is 0.356 e. The Hall–Kier alpha value is -3.29. The van der Waals surface area contributed by atoms with Crippen molar-refractivity contribution in [1.82, 2.24) is 9.55 Å². The standard InChI is InChI=1S/C19H22N4O4/c1-5-23-17(19(25)26-4)16(22-12(3)24)15-8-13(9-21-18(15)23)20-10-14-7-6-11(2)27-14/h6-9,20H,5,10H2,1-4H3,(H,22,24). The Morgan fingerprint density at radius 3 is 2.70 bits per heavy atom. The average Bonchev–Trinajstić information content (AvgIpc) is 3.19. The van der Waals surface area contributed by atoms with E-state index in [1.807, 2.05) is 32.0 Å². The number of esters is 1. The van der Waals surface area contributed by atoms with Crippen LogP contribution in [0.3, 0.4) is 0 Å². The Bertz CT molecular complexity index is 1000. The van der Waals surface area contributed by atoms with Crippen LogP contribution >= 0.6 is 0 Å². The van der Waals surface area contributed by atoms with Gasteiger partial charge < -0.3 is 24.4 Å². The Kier molecular flexibility index (Phi) is 5.16. The lowest BCUT2D eigenvalue weighted by Gasteiger charge is -2.07. The number of rotatable bonds is 6. The molecular formula is C19H22N4O4. The normalized spacial score (nSPS) is 10.8. The fourth-order valence-corrected chi connectivity index (χ4v) is 3.01. The van der Waals surface area contributed by atoms with E-state index in [0.717, 1.165) is 17.2 Å². The Balaban J connectivity index is 2.05. The van der Waals surface area contributed by atoms with Crippen LogP contribution in [0.5, 0.6) is 0 Å². The molecule has 0 saturated carbocycles. The molecule has 0 aliphatic rings. The summed E-state index contributed by atoms with van der Waals surface area (Å²) in [5.41, 5.74) is 2.02. The largest absolute Gasteiger partial charge is 0.465 e. The van der Waals surface area contributed by atoms with E-state index in [0.29, 0.717) is 29.8 Å². The van der Waals surface area contributed by atoms with Gasteiger partial charge in [0.1, 0.15) is 17.2 Å². The third kappa shape index (κ3) is 3.64. The Labute approximate surface area is 156 Å². The van der Waals surface area contributed by atoms with Crippen molar-refractivity contribution in [1.29, 1.82) is 0 Å². The molecule has 0 fully saturated rings. The SMILES string of the molecule is CCn1c(C(=O)OC)c(NC(C)=O)c2cc(NCc3ccc(C)o3)cnc21. The van der Waals surface area contributed by atoms with Crippen LogP contribution in [0.15, 0.2) is 28.8 Å². The summed E-state index contributed by atoms with van der Waals surface area (Å²) in [6, 6.07) is 5.65. The second-order valence-electron chi connectivity index (χ2n) is 6.10. The van der Waals surface area contributed by atoms with Gasteiger partial charge in [-0.3, -0.25) is 4.79 Å². The van der Waals surface area contributed by atoms with Crippen molar-refractivity contribution in [2.75, 3.05) is 17.7 Å². The van der Waals surface area contributed by atoms with E-state index < -0.39 is 5.97 Å². The zero-order valence-electron chi connectivity index (χ0n) is 15.8.